The maximum Gasteiger partial charge on any atom is 0.151 e. The Morgan fingerprint density at radius 2 is 2.15 bits per heavy atom. The highest BCUT2D eigenvalue weighted by molar-refractivity contribution is 5.58. The summed E-state index contributed by atoms with van der Waals surface area (Å²) in [6.45, 7) is 6.59. The summed E-state index contributed by atoms with van der Waals surface area (Å²) in [5.41, 5.74) is 3.70. The van der Waals surface area contributed by atoms with E-state index < -0.39 is 0 Å². The summed E-state index contributed by atoms with van der Waals surface area (Å²) in [4.78, 5) is 11.5. The van der Waals surface area contributed by atoms with Crippen molar-refractivity contribution in [1.82, 2.24) is 20.0 Å². The first-order valence-electron chi connectivity index (χ1n) is 8.87. The number of rotatable bonds is 4. The molecule has 2 aromatic heterocycles. The van der Waals surface area contributed by atoms with E-state index in [9.17, 15) is 4.39 Å². The molecule has 0 amide bonds. The molecule has 134 valence electrons. The van der Waals surface area contributed by atoms with E-state index in [4.69, 9.17) is 9.51 Å². The van der Waals surface area contributed by atoms with E-state index in [-0.39, 0.29) is 5.82 Å². The molecule has 1 aromatic carbocycles. The zero-order chi connectivity index (χ0) is 18.1. The van der Waals surface area contributed by atoms with Gasteiger partial charge in [-0.25, -0.2) is 14.4 Å². The van der Waals surface area contributed by atoms with Crippen molar-refractivity contribution in [3.63, 3.8) is 0 Å². The van der Waals surface area contributed by atoms with Crippen molar-refractivity contribution >= 4 is 0 Å². The highest BCUT2D eigenvalue weighted by Crippen LogP contribution is 2.23. The quantitative estimate of drug-likeness (QED) is 0.711. The molecule has 0 bridgehead atoms. The molecular formula is C20H21FN4O. The van der Waals surface area contributed by atoms with Gasteiger partial charge in [-0.1, -0.05) is 31.1 Å². The molecule has 0 radical (unpaired) electrons. The van der Waals surface area contributed by atoms with E-state index >= 15 is 0 Å². The second-order valence-corrected chi connectivity index (χ2v) is 7.00. The van der Waals surface area contributed by atoms with Gasteiger partial charge in [-0.2, -0.15) is 0 Å². The summed E-state index contributed by atoms with van der Waals surface area (Å²) < 4.78 is 18.8. The topological polar surface area (TPSA) is 55.1 Å². The van der Waals surface area contributed by atoms with Crippen molar-refractivity contribution in [2.45, 2.75) is 39.3 Å². The van der Waals surface area contributed by atoms with Crippen molar-refractivity contribution in [3.8, 4) is 11.3 Å². The maximum atomic E-state index is 13.4. The van der Waals surface area contributed by atoms with Crippen LogP contribution in [0.3, 0.4) is 0 Å². The van der Waals surface area contributed by atoms with Crippen LogP contribution in [0.5, 0.6) is 0 Å². The lowest BCUT2D eigenvalue weighted by Crippen LogP contribution is -2.31. The van der Waals surface area contributed by atoms with Crippen molar-refractivity contribution in [2.24, 2.45) is 0 Å². The predicted molar refractivity (Wildman–Crippen MR) is 95.8 cm³/mol. The lowest BCUT2D eigenvalue weighted by molar-refractivity contribution is 0.213. The van der Waals surface area contributed by atoms with Crippen LogP contribution in [0.1, 0.15) is 42.6 Å². The Morgan fingerprint density at radius 1 is 1.27 bits per heavy atom. The van der Waals surface area contributed by atoms with E-state index in [1.165, 1.54) is 17.7 Å². The van der Waals surface area contributed by atoms with Gasteiger partial charge < -0.3 is 4.52 Å². The molecule has 0 saturated carbocycles. The van der Waals surface area contributed by atoms with E-state index in [1.807, 2.05) is 18.3 Å². The van der Waals surface area contributed by atoms with E-state index in [0.717, 1.165) is 42.4 Å². The van der Waals surface area contributed by atoms with Crippen molar-refractivity contribution in [3.05, 3.63) is 65.2 Å². The first-order valence-corrected chi connectivity index (χ1v) is 8.87. The monoisotopic (exact) mass is 352 g/mol. The Labute approximate surface area is 151 Å². The SMILES string of the molecule is CC(C)c1ncc2c(n1)CCN(Cc1cc(-c3cccc(F)c3)no1)C2. The van der Waals surface area contributed by atoms with Crippen molar-refractivity contribution in [2.75, 3.05) is 6.54 Å². The second kappa shape index (κ2) is 6.96. The van der Waals surface area contributed by atoms with Gasteiger partial charge in [-0.3, -0.25) is 4.90 Å². The molecule has 0 aliphatic carbocycles. The van der Waals surface area contributed by atoms with Crippen LogP contribution in [0.25, 0.3) is 11.3 Å². The molecule has 4 rings (SSSR count). The fourth-order valence-electron chi connectivity index (χ4n) is 3.19. The van der Waals surface area contributed by atoms with Gasteiger partial charge in [0.15, 0.2) is 5.76 Å². The first-order chi connectivity index (χ1) is 12.6. The Bertz CT molecular complexity index is 922. The molecule has 1 aliphatic heterocycles. The molecular weight excluding hydrogens is 331 g/mol. The number of hydrogen-bond acceptors (Lipinski definition) is 5. The second-order valence-electron chi connectivity index (χ2n) is 7.00. The van der Waals surface area contributed by atoms with Gasteiger partial charge in [0.25, 0.3) is 0 Å². The Kier molecular flexibility index (Phi) is 4.51. The normalized spacial score (nSPS) is 14.6. The van der Waals surface area contributed by atoms with Gasteiger partial charge in [0, 0.05) is 54.5 Å². The van der Waals surface area contributed by atoms with E-state index in [1.54, 1.807) is 6.07 Å². The summed E-state index contributed by atoms with van der Waals surface area (Å²) in [7, 11) is 0. The predicted octanol–water partition coefficient (Wildman–Crippen LogP) is 3.95. The van der Waals surface area contributed by atoms with Crippen LogP contribution in [-0.2, 0) is 19.5 Å². The van der Waals surface area contributed by atoms with E-state index in [0.29, 0.717) is 18.2 Å². The fourth-order valence-corrected chi connectivity index (χ4v) is 3.19. The van der Waals surface area contributed by atoms with Crippen molar-refractivity contribution in [1.29, 1.82) is 0 Å². The van der Waals surface area contributed by atoms with Crippen LogP contribution in [0, 0.1) is 5.82 Å². The zero-order valence-electron chi connectivity index (χ0n) is 14.9. The number of aromatic nitrogens is 3. The minimum Gasteiger partial charge on any atom is -0.359 e. The average Bonchev–Trinajstić information content (AvgIpc) is 3.09. The van der Waals surface area contributed by atoms with Gasteiger partial charge in [0.2, 0.25) is 0 Å². The fraction of sp³-hybridized carbons (Fsp3) is 0.350. The number of benzene rings is 1. The first kappa shape index (κ1) is 16.8. The molecule has 3 aromatic rings. The molecule has 0 unspecified atom stereocenters. The Hall–Kier alpha value is -2.60. The standard InChI is InChI=1S/C20H21FN4O/c1-13(2)20-22-10-15-11-25(7-6-18(15)23-20)12-17-9-19(24-26-17)14-4-3-5-16(21)8-14/h3-5,8-10,13H,6-7,11-12H2,1-2H3. The highest BCUT2D eigenvalue weighted by atomic mass is 19.1. The molecule has 6 heteroatoms. The zero-order valence-corrected chi connectivity index (χ0v) is 14.9. The third-order valence-electron chi connectivity index (χ3n) is 4.61. The number of hydrogen-bond donors (Lipinski definition) is 0. The summed E-state index contributed by atoms with van der Waals surface area (Å²) in [6, 6.07) is 8.25. The minimum atomic E-state index is -0.277. The molecule has 26 heavy (non-hydrogen) atoms. The molecule has 5 nitrogen and oxygen atoms in total. The molecule has 1 aliphatic rings. The van der Waals surface area contributed by atoms with Crippen LogP contribution < -0.4 is 0 Å². The Morgan fingerprint density at radius 3 is 2.96 bits per heavy atom. The molecule has 3 heterocycles. The van der Waals surface area contributed by atoms with Gasteiger partial charge in [-0.05, 0) is 12.1 Å². The lowest BCUT2D eigenvalue weighted by atomic mass is 10.1. The lowest BCUT2D eigenvalue weighted by Gasteiger charge is -2.27. The highest BCUT2D eigenvalue weighted by Gasteiger charge is 2.20. The van der Waals surface area contributed by atoms with Crippen molar-refractivity contribution < 1.29 is 8.91 Å². The third-order valence-corrected chi connectivity index (χ3v) is 4.61. The largest absolute Gasteiger partial charge is 0.359 e. The number of nitrogens with zero attached hydrogens (tertiary/aromatic N) is 4. The van der Waals surface area contributed by atoms with E-state index in [2.05, 4.69) is 28.9 Å². The summed E-state index contributed by atoms with van der Waals surface area (Å²) in [5.74, 6) is 1.74. The molecule has 0 fully saturated rings. The van der Waals surface area contributed by atoms with Gasteiger partial charge in [-0.15, -0.1) is 0 Å². The number of fused-ring (bicyclic) bond motifs is 1. The Balaban J connectivity index is 1.46. The smallest absolute Gasteiger partial charge is 0.151 e. The minimum absolute atomic E-state index is 0.277. The van der Waals surface area contributed by atoms with Crippen LogP contribution >= 0.6 is 0 Å². The summed E-state index contributed by atoms with van der Waals surface area (Å²) in [5, 5.41) is 4.08. The van der Waals surface area contributed by atoms with Gasteiger partial charge >= 0.3 is 0 Å². The summed E-state index contributed by atoms with van der Waals surface area (Å²) >= 11 is 0. The van der Waals surface area contributed by atoms with Crippen LogP contribution in [0.4, 0.5) is 4.39 Å². The summed E-state index contributed by atoms with van der Waals surface area (Å²) in [6.07, 6.45) is 2.85. The van der Waals surface area contributed by atoms with Gasteiger partial charge in [0.1, 0.15) is 17.3 Å². The van der Waals surface area contributed by atoms with Crippen LogP contribution in [0.15, 0.2) is 41.1 Å². The third kappa shape index (κ3) is 3.51. The van der Waals surface area contributed by atoms with Crippen LogP contribution in [0.2, 0.25) is 0 Å². The maximum absolute atomic E-state index is 13.4. The molecule has 0 N–H and O–H groups in total. The number of halogens is 1. The van der Waals surface area contributed by atoms with Crippen LogP contribution in [-0.4, -0.2) is 26.6 Å². The average molecular weight is 352 g/mol. The molecule has 0 atom stereocenters. The molecule has 0 saturated heterocycles. The molecule has 0 spiro atoms. The van der Waals surface area contributed by atoms with Gasteiger partial charge in [0.05, 0.1) is 6.54 Å².